The number of rotatable bonds is 8. The summed E-state index contributed by atoms with van der Waals surface area (Å²) >= 11 is 6.06. The predicted molar refractivity (Wildman–Crippen MR) is 130 cm³/mol. The number of carbonyl (C=O) groups excluding carboxylic acids is 1. The van der Waals surface area contributed by atoms with Crippen molar-refractivity contribution in [2.75, 3.05) is 25.6 Å². The van der Waals surface area contributed by atoms with Crippen LogP contribution < -0.4 is 16.1 Å². The normalized spacial score (nSPS) is 11.8. The number of H-pyrrole nitrogens is 1. The number of fused-ring (bicyclic) bond motifs is 1. The molecule has 0 fully saturated rings. The standard InChI is InChI=1S/C25H23ClN4O3/c1-33-12-11-27-22-10-7-17(14-29-22)25(32)30-23(16-5-3-2-4-6-16)20-15-28-21-13-18(26)8-9-19(21)24(20)31/h2-10,13-15,23H,11-12H2,1H3,(H,27,29)(H,28,31)(H,30,32). The number of nitrogens with zero attached hydrogens (tertiary/aromatic N) is 1. The highest BCUT2D eigenvalue weighted by atomic mass is 35.5. The Labute approximate surface area is 195 Å². The van der Waals surface area contributed by atoms with E-state index in [0.29, 0.717) is 46.0 Å². The van der Waals surface area contributed by atoms with Crippen molar-refractivity contribution in [3.8, 4) is 0 Å². The first-order chi connectivity index (χ1) is 16.1. The first-order valence-electron chi connectivity index (χ1n) is 10.4. The minimum absolute atomic E-state index is 0.176. The zero-order chi connectivity index (χ0) is 23.2. The molecule has 2 heterocycles. The smallest absolute Gasteiger partial charge is 0.253 e. The predicted octanol–water partition coefficient (Wildman–Crippen LogP) is 4.15. The summed E-state index contributed by atoms with van der Waals surface area (Å²) in [4.78, 5) is 33.8. The molecule has 1 atom stereocenters. The van der Waals surface area contributed by atoms with Gasteiger partial charge in [0.1, 0.15) is 5.82 Å². The molecule has 0 saturated carbocycles. The number of pyridine rings is 2. The zero-order valence-corrected chi connectivity index (χ0v) is 18.7. The number of hydrogen-bond acceptors (Lipinski definition) is 5. The van der Waals surface area contributed by atoms with Crippen molar-refractivity contribution < 1.29 is 9.53 Å². The van der Waals surface area contributed by atoms with Gasteiger partial charge in [0.15, 0.2) is 5.43 Å². The molecular weight excluding hydrogens is 440 g/mol. The Kier molecular flexibility index (Phi) is 7.02. The van der Waals surface area contributed by atoms with Gasteiger partial charge >= 0.3 is 0 Å². The van der Waals surface area contributed by atoms with Gasteiger partial charge in [0, 0.05) is 42.0 Å². The third kappa shape index (κ3) is 5.22. The molecule has 0 spiro atoms. The third-order valence-corrected chi connectivity index (χ3v) is 5.46. The first kappa shape index (κ1) is 22.5. The van der Waals surface area contributed by atoms with Crippen LogP contribution in [0.3, 0.4) is 0 Å². The van der Waals surface area contributed by atoms with Crippen molar-refractivity contribution in [2.24, 2.45) is 0 Å². The van der Waals surface area contributed by atoms with Gasteiger partial charge in [-0.3, -0.25) is 9.59 Å². The molecule has 1 amide bonds. The Hall–Kier alpha value is -3.68. The molecule has 7 nitrogen and oxygen atoms in total. The Bertz CT molecular complexity index is 1310. The second kappa shape index (κ2) is 10.3. The van der Waals surface area contributed by atoms with Crippen molar-refractivity contribution in [3.05, 3.63) is 105 Å². The lowest BCUT2D eigenvalue weighted by Gasteiger charge is -2.20. The van der Waals surface area contributed by atoms with Gasteiger partial charge in [-0.2, -0.15) is 0 Å². The number of aromatic nitrogens is 2. The topological polar surface area (TPSA) is 96.1 Å². The number of methoxy groups -OCH3 is 1. The highest BCUT2D eigenvalue weighted by Gasteiger charge is 2.22. The summed E-state index contributed by atoms with van der Waals surface area (Å²) in [6.45, 7) is 1.16. The van der Waals surface area contributed by atoms with E-state index in [-0.39, 0.29) is 11.3 Å². The Morgan fingerprint density at radius 3 is 2.70 bits per heavy atom. The van der Waals surface area contributed by atoms with Gasteiger partial charge in [-0.25, -0.2) is 4.98 Å². The molecule has 3 N–H and O–H groups in total. The Morgan fingerprint density at radius 2 is 1.97 bits per heavy atom. The number of ether oxygens (including phenoxy) is 1. The molecule has 4 aromatic rings. The lowest BCUT2D eigenvalue weighted by Crippen LogP contribution is -2.32. The molecule has 0 aliphatic rings. The number of hydrogen-bond donors (Lipinski definition) is 3. The summed E-state index contributed by atoms with van der Waals surface area (Å²) in [6, 6.07) is 17.2. The van der Waals surface area contributed by atoms with E-state index in [0.717, 1.165) is 5.56 Å². The fraction of sp³-hybridized carbons (Fsp3) is 0.160. The second-order valence-corrected chi connectivity index (χ2v) is 7.87. The third-order valence-electron chi connectivity index (χ3n) is 5.23. The van der Waals surface area contributed by atoms with Crippen LogP contribution in [0.15, 0.2) is 77.9 Å². The summed E-state index contributed by atoms with van der Waals surface area (Å²) in [6.07, 6.45) is 3.12. The molecule has 4 rings (SSSR count). The van der Waals surface area contributed by atoms with Gasteiger partial charge in [-0.15, -0.1) is 0 Å². The van der Waals surface area contributed by atoms with Gasteiger partial charge in [0.05, 0.1) is 23.7 Å². The molecule has 168 valence electrons. The molecule has 0 aliphatic carbocycles. The fourth-order valence-electron chi connectivity index (χ4n) is 3.54. The molecule has 1 unspecified atom stereocenters. The summed E-state index contributed by atoms with van der Waals surface area (Å²) in [5.41, 5.74) is 2.06. The van der Waals surface area contributed by atoms with Crippen LogP contribution in [-0.4, -0.2) is 36.1 Å². The van der Waals surface area contributed by atoms with Crippen LogP contribution >= 0.6 is 11.6 Å². The van der Waals surface area contributed by atoms with Crippen LogP contribution in [0.5, 0.6) is 0 Å². The average molecular weight is 463 g/mol. The van der Waals surface area contributed by atoms with Crippen molar-refractivity contribution in [3.63, 3.8) is 0 Å². The van der Waals surface area contributed by atoms with E-state index in [1.807, 2.05) is 30.3 Å². The van der Waals surface area contributed by atoms with Gasteiger partial charge in [0.2, 0.25) is 0 Å². The average Bonchev–Trinajstić information content (AvgIpc) is 2.84. The molecule has 8 heteroatoms. The van der Waals surface area contributed by atoms with E-state index in [9.17, 15) is 9.59 Å². The van der Waals surface area contributed by atoms with E-state index in [1.165, 1.54) is 6.20 Å². The maximum absolute atomic E-state index is 13.3. The number of halogens is 1. The molecule has 0 aliphatic heterocycles. The van der Waals surface area contributed by atoms with E-state index >= 15 is 0 Å². The van der Waals surface area contributed by atoms with Crippen molar-refractivity contribution in [2.45, 2.75) is 6.04 Å². The van der Waals surface area contributed by atoms with E-state index in [4.69, 9.17) is 16.3 Å². The number of amides is 1. The van der Waals surface area contributed by atoms with Gasteiger partial charge in [-0.1, -0.05) is 41.9 Å². The van der Waals surface area contributed by atoms with Crippen LogP contribution in [0.4, 0.5) is 5.82 Å². The van der Waals surface area contributed by atoms with Crippen LogP contribution in [0.1, 0.15) is 27.5 Å². The minimum atomic E-state index is -0.651. The highest BCUT2D eigenvalue weighted by molar-refractivity contribution is 6.31. The highest BCUT2D eigenvalue weighted by Crippen LogP contribution is 2.23. The molecule has 33 heavy (non-hydrogen) atoms. The number of benzene rings is 2. The quantitative estimate of drug-likeness (QED) is 0.342. The Balaban J connectivity index is 1.65. The lowest BCUT2D eigenvalue weighted by molar-refractivity contribution is 0.0942. The molecule has 2 aromatic carbocycles. The Morgan fingerprint density at radius 1 is 1.15 bits per heavy atom. The summed E-state index contributed by atoms with van der Waals surface area (Å²) < 4.78 is 5.01. The van der Waals surface area contributed by atoms with E-state index < -0.39 is 6.04 Å². The van der Waals surface area contributed by atoms with Crippen LogP contribution in [-0.2, 0) is 4.74 Å². The van der Waals surface area contributed by atoms with Gasteiger partial charge in [0.25, 0.3) is 5.91 Å². The zero-order valence-electron chi connectivity index (χ0n) is 18.0. The van der Waals surface area contributed by atoms with Gasteiger partial charge < -0.3 is 20.4 Å². The molecular formula is C25H23ClN4O3. The van der Waals surface area contributed by atoms with Crippen molar-refractivity contribution in [1.29, 1.82) is 0 Å². The van der Waals surface area contributed by atoms with E-state index in [2.05, 4.69) is 20.6 Å². The number of anilines is 1. The maximum atomic E-state index is 13.3. The SMILES string of the molecule is COCCNc1ccc(C(=O)NC(c2ccccc2)c2c[nH]c3cc(Cl)ccc3c2=O)cn1. The fourth-order valence-corrected chi connectivity index (χ4v) is 3.71. The molecule has 0 saturated heterocycles. The minimum Gasteiger partial charge on any atom is -0.383 e. The lowest BCUT2D eigenvalue weighted by atomic mass is 9.98. The summed E-state index contributed by atoms with van der Waals surface area (Å²) in [5, 5.41) is 7.13. The van der Waals surface area contributed by atoms with Crippen molar-refractivity contribution >= 4 is 34.2 Å². The van der Waals surface area contributed by atoms with Gasteiger partial charge in [-0.05, 0) is 35.9 Å². The summed E-state index contributed by atoms with van der Waals surface area (Å²) in [7, 11) is 1.63. The molecule has 0 radical (unpaired) electrons. The number of nitrogens with one attached hydrogen (secondary N) is 3. The monoisotopic (exact) mass is 462 g/mol. The first-order valence-corrected chi connectivity index (χ1v) is 10.8. The van der Waals surface area contributed by atoms with Crippen LogP contribution in [0.25, 0.3) is 10.9 Å². The van der Waals surface area contributed by atoms with Crippen LogP contribution in [0.2, 0.25) is 5.02 Å². The number of aromatic amines is 1. The van der Waals surface area contributed by atoms with Crippen LogP contribution in [0, 0.1) is 0 Å². The van der Waals surface area contributed by atoms with Crippen molar-refractivity contribution in [1.82, 2.24) is 15.3 Å². The second-order valence-electron chi connectivity index (χ2n) is 7.43. The molecule has 2 aromatic heterocycles. The number of carbonyl (C=O) groups is 1. The maximum Gasteiger partial charge on any atom is 0.253 e. The molecule has 0 bridgehead atoms. The largest absolute Gasteiger partial charge is 0.383 e. The summed E-state index contributed by atoms with van der Waals surface area (Å²) in [5.74, 6) is 0.309. The van der Waals surface area contributed by atoms with E-state index in [1.54, 1.807) is 43.6 Å².